The molecule has 1 aromatic heterocycles. The summed E-state index contributed by atoms with van der Waals surface area (Å²) < 4.78 is 59.7. The molecule has 0 aliphatic carbocycles. The van der Waals surface area contributed by atoms with Gasteiger partial charge in [-0.15, -0.1) is 0 Å². The van der Waals surface area contributed by atoms with Gasteiger partial charge < -0.3 is 29.6 Å². The standard InChI is InChI=1S/C28H30F3N5O5/c1-38-24(37)22-13-10-20-16-23(22)40-15-7-5-3-2-4-6-14-39-21-11-8-19(9-12-21)17-32-25-34-26(33-20)36-27(35-25)41-18-28(29,30)31/h2-3,8-13,16H,4-7,14-15,17-18H2,1H3,(H2,32,33,34,35,36)/b3-2+. The number of carbonyl (C=O) groups is 1. The van der Waals surface area contributed by atoms with Crippen LogP contribution in [-0.2, 0) is 11.3 Å². The van der Waals surface area contributed by atoms with Gasteiger partial charge in [0.25, 0.3) is 0 Å². The Morgan fingerprint density at radius 3 is 2.37 bits per heavy atom. The number of ether oxygens (including phenoxy) is 4. The molecule has 41 heavy (non-hydrogen) atoms. The van der Waals surface area contributed by atoms with Gasteiger partial charge in [-0.2, -0.15) is 28.1 Å². The molecule has 2 aliphatic rings. The van der Waals surface area contributed by atoms with E-state index in [1.807, 2.05) is 24.3 Å². The number of methoxy groups -OCH3 is 1. The minimum atomic E-state index is -4.58. The SMILES string of the molecule is COC(=O)c1ccc2cc1OCCC/C=C/CCCOc1ccc(cc1)CNc1nc(nc(OCC(F)(F)F)n1)N2. The summed E-state index contributed by atoms with van der Waals surface area (Å²) in [6.07, 6.45) is 2.84. The van der Waals surface area contributed by atoms with Crippen molar-refractivity contribution in [3.05, 3.63) is 65.7 Å². The lowest BCUT2D eigenvalue weighted by Crippen LogP contribution is -2.21. The third-order valence-electron chi connectivity index (χ3n) is 5.72. The molecule has 3 aromatic rings. The Bertz CT molecular complexity index is 1340. The van der Waals surface area contributed by atoms with E-state index in [1.54, 1.807) is 12.1 Å². The normalized spacial score (nSPS) is 15.3. The molecule has 6 bridgehead atoms. The van der Waals surface area contributed by atoms with Crippen molar-refractivity contribution < 1.29 is 36.9 Å². The summed E-state index contributed by atoms with van der Waals surface area (Å²) in [7, 11) is 1.27. The third kappa shape index (κ3) is 9.55. The molecule has 0 radical (unpaired) electrons. The largest absolute Gasteiger partial charge is 0.494 e. The van der Waals surface area contributed by atoms with Crippen LogP contribution in [0, 0.1) is 0 Å². The number of anilines is 3. The molecule has 0 spiro atoms. The van der Waals surface area contributed by atoms with Crippen LogP contribution in [-0.4, -0.2) is 54.0 Å². The average molecular weight is 574 g/mol. The van der Waals surface area contributed by atoms with Crippen LogP contribution in [0.5, 0.6) is 17.5 Å². The second-order valence-corrected chi connectivity index (χ2v) is 8.95. The number of nitrogens with zero attached hydrogens (tertiary/aromatic N) is 3. The maximum atomic E-state index is 12.8. The average Bonchev–Trinajstić information content (AvgIpc) is 2.95. The highest BCUT2D eigenvalue weighted by Gasteiger charge is 2.29. The Hall–Kier alpha value is -4.55. The Morgan fingerprint density at radius 1 is 0.951 bits per heavy atom. The number of allylic oxidation sites excluding steroid dienone is 2. The maximum absolute atomic E-state index is 12.8. The lowest BCUT2D eigenvalue weighted by atomic mass is 10.1. The van der Waals surface area contributed by atoms with Gasteiger partial charge in [0, 0.05) is 18.3 Å². The zero-order valence-corrected chi connectivity index (χ0v) is 22.4. The molecule has 0 atom stereocenters. The Kier molecular flexibility index (Phi) is 10.2. The number of rotatable bonds is 3. The summed E-state index contributed by atoms with van der Waals surface area (Å²) in [5.74, 6) is 0.340. The summed E-state index contributed by atoms with van der Waals surface area (Å²) in [5.41, 5.74) is 1.50. The first-order valence-corrected chi connectivity index (χ1v) is 13.0. The monoisotopic (exact) mass is 573 g/mol. The molecule has 0 unspecified atom stereocenters. The van der Waals surface area contributed by atoms with Crippen molar-refractivity contribution in [2.24, 2.45) is 0 Å². The quantitative estimate of drug-likeness (QED) is 0.292. The topological polar surface area (TPSA) is 117 Å². The summed E-state index contributed by atoms with van der Waals surface area (Å²) in [6, 6.07) is 11.5. The zero-order valence-electron chi connectivity index (χ0n) is 22.4. The van der Waals surface area contributed by atoms with E-state index in [1.165, 1.54) is 13.2 Å². The van der Waals surface area contributed by atoms with Gasteiger partial charge in [-0.05, 0) is 55.5 Å². The van der Waals surface area contributed by atoms with Crippen molar-refractivity contribution in [2.75, 3.05) is 37.6 Å². The molecule has 2 aliphatic heterocycles. The predicted octanol–water partition coefficient (Wildman–Crippen LogP) is 5.84. The summed E-state index contributed by atoms with van der Waals surface area (Å²) in [4.78, 5) is 24.5. The van der Waals surface area contributed by atoms with Crippen molar-refractivity contribution in [3.63, 3.8) is 0 Å². The van der Waals surface area contributed by atoms with E-state index in [2.05, 4.69) is 37.7 Å². The minimum Gasteiger partial charge on any atom is -0.494 e. The van der Waals surface area contributed by atoms with E-state index in [-0.39, 0.29) is 29.8 Å². The van der Waals surface area contributed by atoms with Gasteiger partial charge in [0.05, 0.1) is 20.3 Å². The lowest BCUT2D eigenvalue weighted by Gasteiger charge is -2.14. The van der Waals surface area contributed by atoms with E-state index >= 15 is 0 Å². The molecule has 5 rings (SSSR count). The van der Waals surface area contributed by atoms with Crippen LogP contribution < -0.4 is 24.8 Å². The molecule has 3 heterocycles. The van der Waals surface area contributed by atoms with Crippen molar-refractivity contribution >= 4 is 23.6 Å². The molecule has 2 N–H and O–H groups in total. The van der Waals surface area contributed by atoms with Crippen molar-refractivity contribution in [1.29, 1.82) is 0 Å². The fraction of sp³-hybridized carbons (Fsp3) is 0.357. The zero-order chi connectivity index (χ0) is 29.1. The lowest BCUT2D eigenvalue weighted by molar-refractivity contribution is -0.154. The Labute approximate surface area is 234 Å². The Balaban J connectivity index is 1.62. The molecule has 13 heteroatoms. The number of carbonyl (C=O) groups excluding carboxylic acids is 1. The first-order chi connectivity index (χ1) is 19.8. The number of nitrogens with one attached hydrogen (secondary N) is 2. The highest BCUT2D eigenvalue weighted by Crippen LogP contribution is 2.27. The second kappa shape index (κ2) is 14.2. The van der Waals surface area contributed by atoms with Gasteiger partial charge in [0.2, 0.25) is 11.9 Å². The highest BCUT2D eigenvalue weighted by atomic mass is 19.4. The second-order valence-electron chi connectivity index (χ2n) is 8.95. The summed E-state index contributed by atoms with van der Waals surface area (Å²) in [5, 5.41) is 5.91. The summed E-state index contributed by atoms with van der Waals surface area (Å²) >= 11 is 0. The van der Waals surface area contributed by atoms with Gasteiger partial charge in [-0.1, -0.05) is 24.3 Å². The number of fused-ring (bicyclic) bond motifs is 11. The van der Waals surface area contributed by atoms with Crippen LogP contribution in [0.1, 0.15) is 41.6 Å². The van der Waals surface area contributed by atoms with Crippen molar-refractivity contribution in [2.45, 2.75) is 38.4 Å². The van der Waals surface area contributed by atoms with Gasteiger partial charge in [-0.25, -0.2) is 4.79 Å². The molecular formula is C28H30F3N5O5. The molecule has 0 fully saturated rings. The first kappa shape index (κ1) is 29.4. The van der Waals surface area contributed by atoms with Crippen LogP contribution in [0.3, 0.4) is 0 Å². The van der Waals surface area contributed by atoms with E-state index in [4.69, 9.17) is 18.9 Å². The van der Waals surface area contributed by atoms with Crippen LogP contribution >= 0.6 is 0 Å². The smallest absolute Gasteiger partial charge is 0.422 e. The Morgan fingerprint density at radius 2 is 1.66 bits per heavy atom. The fourth-order valence-electron chi connectivity index (χ4n) is 3.72. The number of benzene rings is 2. The molecule has 10 nitrogen and oxygen atoms in total. The van der Waals surface area contributed by atoms with Crippen LogP contribution in [0.2, 0.25) is 0 Å². The molecular weight excluding hydrogens is 543 g/mol. The number of halogens is 3. The molecule has 0 saturated heterocycles. The van der Waals surface area contributed by atoms with E-state index < -0.39 is 24.8 Å². The molecule has 0 saturated carbocycles. The van der Waals surface area contributed by atoms with Crippen molar-refractivity contribution in [1.82, 2.24) is 15.0 Å². The summed E-state index contributed by atoms with van der Waals surface area (Å²) in [6.45, 7) is -0.386. The first-order valence-electron chi connectivity index (χ1n) is 13.0. The molecule has 0 amide bonds. The highest BCUT2D eigenvalue weighted by molar-refractivity contribution is 5.93. The predicted molar refractivity (Wildman–Crippen MR) is 145 cm³/mol. The maximum Gasteiger partial charge on any atom is 0.422 e. The molecule has 218 valence electrons. The van der Waals surface area contributed by atoms with Crippen LogP contribution in [0.15, 0.2) is 54.6 Å². The number of esters is 1. The fourth-order valence-corrected chi connectivity index (χ4v) is 3.72. The van der Waals surface area contributed by atoms with E-state index in [0.717, 1.165) is 30.6 Å². The van der Waals surface area contributed by atoms with Crippen LogP contribution in [0.4, 0.5) is 30.8 Å². The van der Waals surface area contributed by atoms with Crippen molar-refractivity contribution in [3.8, 4) is 17.5 Å². The van der Waals surface area contributed by atoms with Gasteiger partial charge >= 0.3 is 18.2 Å². The number of hydrogen-bond donors (Lipinski definition) is 2. The van der Waals surface area contributed by atoms with E-state index in [9.17, 15) is 18.0 Å². The van der Waals surface area contributed by atoms with Crippen LogP contribution in [0.25, 0.3) is 0 Å². The number of aromatic nitrogens is 3. The van der Waals surface area contributed by atoms with Gasteiger partial charge in [-0.3, -0.25) is 0 Å². The van der Waals surface area contributed by atoms with Gasteiger partial charge in [0.1, 0.15) is 17.1 Å². The molecule has 2 aromatic carbocycles. The number of hydrogen-bond acceptors (Lipinski definition) is 10. The van der Waals surface area contributed by atoms with E-state index in [0.29, 0.717) is 25.3 Å². The third-order valence-corrected chi connectivity index (χ3v) is 5.72. The van der Waals surface area contributed by atoms with Gasteiger partial charge in [0.15, 0.2) is 6.61 Å². The number of alkyl halides is 3. The minimum absolute atomic E-state index is 0.00598.